The summed E-state index contributed by atoms with van der Waals surface area (Å²) in [5, 5.41) is 10.4. The van der Waals surface area contributed by atoms with Gasteiger partial charge in [0.05, 0.1) is 23.8 Å². The normalized spacial score (nSPS) is 20.7. The first kappa shape index (κ1) is 17.9. The van der Waals surface area contributed by atoms with Gasteiger partial charge in [-0.3, -0.25) is 4.79 Å². The summed E-state index contributed by atoms with van der Waals surface area (Å²) in [6, 6.07) is 3.26. The zero-order chi connectivity index (χ0) is 17.0. The highest BCUT2D eigenvalue weighted by molar-refractivity contribution is 6.32. The van der Waals surface area contributed by atoms with Gasteiger partial charge in [0, 0.05) is 18.7 Å². The summed E-state index contributed by atoms with van der Waals surface area (Å²) in [5.41, 5.74) is -0.383. The number of halogens is 1. The second-order valence-corrected chi connectivity index (χ2v) is 6.45. The highest BCUT2D eigenvalue weighted by Gasteiger charge is 2.34. The molecule has 0 spiro atoms. The number of aliphatic hydroxyl groups is 1. The number of hydrogen-bond donors (Lipinski definition) is 1. The first-order valence-electron chi connectivity index (χ1n) is 7.98. The minimum absolute atomic E-state index is 0.160. The first-order chi connectivity index (χ1) is 10.9. The third-order valence-corrected chi connectivity index (χ3v) is 4.03. The Morgan fingerprint density at radius 1 is 1.39 bits per heavy atom. The molecule has 1 N–H and O–H groups in total. The van der Waals surface area contributed by atoms with Gasteiger partial charge in [0.2, 0.25) is 0 Å². The predicted octanol–water partition coefficient (Wildman–Crippen LogP) is 3.12. The number of β-amino-alcohol motifs (C(OH)–C–C–N with tert-alkyl or cyclic N) is 1. The second kappa shape index (κ2) is 7.41. The molecule has 0 aliphatic carbocycles. The van der Waals surface area contributed by atoms with Crippen LogP contribution in [0, 0.1) is 0 Å². The maximum Gasteiger partial charge on any atom is 0.254 e. The van der Waals surface area contributed by atoms with Crippen molar-refractivity contribution in [1.82, 2.24) is 4.90 Å². The number of ether oxygens (including phenoxy) is 2. The van der Waals surface area contributed by atoms with Crippen molar-refractivity contribution in [3.05, 3.63) is 22.7 Å². The monoisotopic (exact) mass is 341 g/mol. The van der Waals surface area contributed by atoms with Crippen molar-refractivity contribution in [2.75, 3.05) is 26.3 Å². The van der Waals surface area contributed by atoms with Crippen LogP contribution in [0.25, 0.3) is 0 Å². The zero-order valence-electron chi connectivity index (χ0n) is 13.9. The average Bonchev–Trinajstić information content (AvgIpc) is 2.86. The summed E-state index contributed by atoms with van der Waals surface area (Å²) in [7, 11) is 0. The SMILES string of the molecule is CCCOc1c(Cl)cc(C(=O)N2CC[C@](C)(O)C2)cc1OCC. The predicted molar refractivity (Wildman–Crippen MR) is 89.6 cm³/mol. The van der Waals surface area contributed by atoms with Crippen LogP contribution in [0.5, 0.6) is 11.5 Å². The van der Waals surface area contributed by atoms with E-state index in [0.29, 0.717) is 54.8 Å². The van der Waals surface area contributed by atoms with Crippen molar-refractivity contribution in [2.24, 2.45) is 0 Å². The van der Waals surface area contributed by atoms with Gasteiger partial charge in [0.15, 0.2) is 11.5 Å². The van der Waals surface area contributed by atoms with Gasteiger partial charge in [-0.25, -0.2) is 0 Å². The van der Waals surface area contributed by atoms with Crippen molar-refractivity contribution in [1.29, 1.82) is 0 Å². The molecule has 23 heavy (non-hydrogen) atoms. The summed E-state index contributed by atoms with van der Waals surface area (Å²) >= 11 is 6.29. The Hall–Kier alpha value is -1.46. The van der Waals surface area contributed by atoms with Crippen LogP contribution in [0.3, 0.4) is 0 Å². The Morgan fingerprint density at radius 2 is 2.13 bits per heavy atom. The maximum absolute atomic E-state index is 12.6. The van der Waals surface area contributed by atoms with Crippen LogP contribution >= 0.6 is 11.6 Å². The van der Waals surface area contributed by atoms with Crippen LogP contribution in [0.2, 0.25) is 5.02 Å². The van der Waals surface area contributed by atoms with Gasteiger partial charge in [-0.1, -0.05) is 18.5 Å². The molecule has 5 nitrogen and oxygen atoms in total. The van der Waals surface area contributed by atoms with E-state index in [1.807, 2.05) is 13.8 Å². The largest absolute Gasteiger partial charge is 0.490 e. The number of carbonyl (C=O) groups is 1. The van der Waals surface area contributed by atoms with Gasteiger partial charge in [0.1, 0.15) is 0 Å². The molecule has 128 valence electrons. The smallest absolute Gasteiger partial charge is 0.254 e. The number of nitrogens with zero attached hydrogens (tertiary/aromatic N) is 1. The quantitative estimate of drug-likeness (QED) is 0.863. The number of rotatable bonds is 6. The number of carbonyl (C=O) groups excluding carboxylic acids is 1. The third-order valence-electron chi connectivity index (χ3n) is 3.75. The van der Waals surface area contributed by atoms with Crippen LogP contribution in [0.15, 0.2) is 12.1 Å². The summed E-state index contributed by atoms with van der Waals surface area (Å²) in [5.74, 6) is 0.788. The molecule has 1 aromatic rings. The van der Waals surface area contributed by atoms with Crippen molar-refractivity contribution in [3.63, 3.8) is 0 Å². The molecule has 0 bridgehead atoms. The lowest BCUT2D eigenvalue weighted by atomic mass is 10.1. The molecule has 0 unspecified atom stereocenters. The molecular formula is C17H24ClNO4. The molecule has 1 amide bonds. The molecule has 6 heteroatoms. The van der Waals surface area contributed by atoms with E-state index in [0.717, 1.165) is 6.42 Å². The van der Waals surface area contributed by atoms with Gasteiger partial charge in [-0.2, -0.15) is 0 Å². The number of amides is 1. The lowest BCUT2D eigenvalue weighted by molar-refractivity contribution is 0.0572. The van der Waals surface area contributed by atoms with Crippen molar-refractivity contribution in [2.45, 2.75) is 39.2 Å². The van der Waals surface area contributed by atoms with E-state index in [4.69, 9.17) is 21.1 Å². The van der Waals surface area contributed by atoms with Crippen LogP contribution in [-0.4, -0.2) is 47.8 Å². The molecule has 0 radical (unpaired) electrons. The van der Waals surface area contributed by atoms with Crippen molar-refractivity contribution >= 4 is 17.5 Å². The molecule has 1 saturated heterocycles. The first-order valence-corrected chi connectivity index (χ1v) is 8.36. The molecule has 1 aromatic carbocycles. The number of benzene rings is 1. The topological polar surface area (TPSA) is 59.0 Å². The molecule has 1 fully saturated rings. The van der Waals surface area contributed by atoms with E-state index < -0.39 is 5.60 Å². The van der Waals surface area contributed by atoms with Gasteiger partial charge < -0.3 is 19.5 Å². The van der Waals surface area contributed by atoms with Crippen LogP contribution in [-0.2, 0) is 0 Å². The molecule has 1 aliphatic rings. The fourth-order valence-electron chi connectivity index (χ4n) is 2.60. The summed E-state index contributed by atoms with van der Waals surface area (Å²) in [4.78, 5) is 14.3. The standard InChI is InChI=1S/C17H24ClNO4/c1-4-8-23-15-13(18)9-12(10-14(15)22-5-2)16(20)19-7-6-17(3,21)11-19/h9-10,21H,4-8,11H2,1-3H3/t17-/m0/s1. The average molecular weight is 342 g/mol. The Kier molecular flexibility index (Phi) is 5.76. The number of hydrogen-bond acceptors (Lipinski definition) is 4. The van der Waals surface area contributed by atoms with Gasteiger partial charge in [-0.05, 0) is 38.8 Å². The summed E-state index contributed by atoms with van der Waals surface area (Å²) in [6.07, 6.45) is 1.42. The molecule has 0 saturated carbocycles. The van der Waals surface area contributed by atoms with E-state index in [9.17, 15) is 9.90 Å². The zero-order valence-corrected chi connectivity index (χ0v) is 14.7. The Bertz CT molecular complexity index is 574. The fraction of sp³-hybridized carbons (Fsp3) is 0.588. The highest BCUT2D eigenvalue weighted by atomic mass is 35.5. The van der Waals surface area contributed by atoms with Crippen molar-refractivity contribution in [3.8, 4) is 11.5 Å². The van der Waals surface area contributed by atoms with E-state index in [2.05, 4.69) is 0 Å². The second-order valence-electron chi connectivity index (χ2n) is 6.04. The molecule has 0 aromatic heterocycles. The van der Waals surface area contributed by atoms with Crippen molar-refractivity contribution < 1.29 is 19.4 Å². The van der Waals surface area contributed by atoms with E-state index in [-0.39, 0.29) is 5.91 Å². The molecule has 2 rings (SSSR count). The van der Waals surface area contributed by atoms with E-state index >= 15 is 0 Å². The minimum atomic E-state index is -0.827. The van der Waals surface area contributed by atoms with Gasteiger partial charge in [0.25, 0.3) is 5.91 Å². The molecule has 1 heterocycles. The summed E-state index contributed by atoms with van der Waals surface area (Å²) < 4.78 is 11.2. The van der Waals surface area contributed by atoms with Gasteiger partial charge >= 0.3 is 0 Å². The van der Waals surface area contributed by atoms with E-state index in [1.165, 1.54) is 0 Å². The van der Waals surface area contributed by atoms with E-state index in [1.54, 1.807) is 24.0 Å². The Labute approximate surface area is 142 Å². The molecule has 1 atom stereocenters. The van der Waals surface area contributed by atoms with Crippen LogP contribution in [0.4, 0.5) is 0 Å². The van der Waals surface area contributed by atoms with Crippen LogP contribution in [0.1, 0.15) is 44.0 Å². The Balaban J connectivity index is 2.27. The minimum Gasteiger partial charge on any atom is -0.490 e. The Morgan fingerprint density at radius 3 is 2.70 bits per heavy atom. The number of likely N-dealkylation sites (tertiary alicyclic amines) is 1. The lowest BCUT2D eigenvalue weighted by Crippen LogP contribution is -2.33. The lowest BCUT2D eigenvalue weighted by Gasteiger charge is -2.20. The molecule has 1 aliphatic heterocycles. The fourth-order valence-corrected chi connectivity index (χ4v) is 2.86. The third kappa shape index (κ3) is 4.30. The highest BCUT2D eigenvalue weighted by Crippen LogP contribution is 2.37. The summed E-state index contributed by atoms with van der Waals surface area (Å²) in [6.45, 7) is 7.44. The maximum atomic E-state index is 12.6. The van der Waals surface area contributed by atoms with Crippen LogP contribution < -0.4 is 9.47 Å². The molecular weight excluding hydrogens is 318 g/mol. The van der Waals surface area contributed by atoms with Gasteiger partial charge in [-0.15, -0.1) is 0 Å².